The van der Waals surface area contributed by atoms with Crippen LogP contribution < -0.4 is 10.6 Å². The normalized spacial score (nSPS) is 11.2. The van der Waals surface area contributed by atoms with E-state index in [9.17, 15) is 9.59 Å². The van der Waals surface area contributed by atoms with Crippen LogP contribution >= 0.6 is 0 Å². The zero-order valence-corrected chi connectivity index (χ0v) is 22.2. The molecule has 6 aromatic rings. The van der Waals surface area contributed by atoms with Crippen molar-refractivity contribution in [3.63, 3.8) is 0 Å². The van der Waals surface area contributed by atoms with E-state index in [2.05, 4.69) is 50.5 Å². The van der Waals surface area contributed by atoms with Crippen LogP contribution in [0.1, 0.15) is 28.8 Å². The molecule has 0 atom stereocenters. The van der Waals surface area contributed by atoms with Gasteiger partial charge < -0.3 is 15.2 Å². The Morgan fingerprint density at radius 2 is 1.65 bits per heavy atom. The second kappa shape index (κ2) is 11.0. The highest BCUT2D eigenvalue weighted by molar-refractivity contribution is 6.06. The maximum absolute atomic E-state index is 13.6. The Morgan fingerprint density at radius 3 is 2.50 bits per heavy atom. The third kappa shape index (κ3) is 4.89. The van der Waals surface area contributed by atoms with E-state index in [4.69, 9.17) is 4.98 Å². The molecule has 198 valence electrons. The molecule has 7 nitrogen and oxygen atoms in total. The van der Waals surface area contributed by atoms with E-state index in [-0.39, 0.29) is 11.8 Å². The van der Waals surface area contributed by atoms with Crippen LogP contribution in [-0.4, -0.2) is 33.4 Å². The minimum Gasteiger partial charge on any atom is -0.359 e. The first-order valence-electron chi connectivity index (χ1n) is 13.4. The summed E-state index contributed by atoms with van der Waals surface area (Å²) in [5.41, 5.74) is 3.93. The SMILES string of the molecule is CNC(=O)CCCn1c(-c2cncc3ccccc23)nc2cccc(C(=O)NCc3ccc4ccccc4c3)c21. The van der Waals surface area contributed by atoms with Crippen molar-refractivity contribution in [2.75, 3.05) is 7.05 Å². The van der Waals surface area contributed by atoms with E-state index in [0.717, 1.165) is 44.1 Å². The monoisotopic (exact) mass is 527 g/mol. The second-order valence-electron chi connectivity index (χ2n) is 9.81. The Kier molecular flexibility index (Phi) is 6.93. The average molecular weight is 528 g/mol. The van der Waals surface area contributed by atoms with Crippen molar-refractivity contribution in [1.29, 1.82) is 0 Å². The Bertz CT molecular complexity index is 1870. The smallest absolute Gasteiger partial charge is 0.253 e. The number of hydrogen-bond acceptors (Lipinski definition) is 4. The first-order chi connectivity index (χ1) is 19.6. The molecule has 2 heterocycles. The molecule has 0 aliphatic heterocycles. The molecule has 0 aliphatic rings. The van der Waals surface area contributed by atoms with Crippen molar-refractivity contribution < 1.29 is 9.59 Å². The Labute approximate surface area is 231 Å². The molecule has 0 spiro atoms. The zero-order valence-electron chi connectivity index (χ0n) is 22.2. The van der Waals surface area contributed by atoms with Gasteiger partial charge in [-0.15, -0.1) is 0 Å². The number of aryl methyl sites for hydroxylation is 1. The van der Waals surface area contributed by atoms with Gasteiger partial charge in [0.2, 0.25) is 5.91 Å². The molecule has 4 aromatic carbocycles. The van der Waals surface area contributed by atoms with Crippen molar-refractivity contribution in [3.05, 3.63) is 108 Å². The largest absolute Gasteiger partial charge is 0.359 e. The highest BCUT2D eigenvalue weighted by atomic mass is 16.2. The lowest BCUT2D eigenvalue weighted by Gasteiger charge is -2.13. The third-order valence-corrected chi connectivity index (χ3v) is 7.25. The lowest BCUT2D eigenvalue weighted by molar-refractivity contribution is -0.120. The number of imidazole rings is 1. The minimum atomic E-state index is -0.172. The molecule has 2 amide bonds. The van der Waals surface area contributed by atoms with Crippen LogP contribution in [0.4, 0.5) is 0 Å². The highest BCUT2D eigenvalue weighted by Gasteiger charge is 2.20. The number of hydrogen-bond donors (Lipinski definition) is 2. The van der Waals surface area contributed by atoms with Gasteiger partial charge in [0.25, 0.3) is 5.91 Å². The number of pyridine rings is 1. The Morgan fingerprint density at radius 1 is 0.850 bits per heavy atom. The average Bonchev–Trinajstić information content (AvgIpc) is 3.37. The molecule has 2 N–H and O–H groups in total. The van der Waals surface area contributed by atoms with Gasteiger partial charge in [0.05, 0.1) is 16.6 Å². The zero-order chi connectivity index (χ0) is 27.5. The quantitative estimate of drug-likeness (QED) is 0.259. The van der Waals surface area contributed by atoms with Gasteiger partial charge >= 0.3 is 0 Å². The van der Waals surface area contributed by atoms with Gasteiger partial charge in [-0.1, -0.05) is 66.7 Å². The van der Waals surface area contributed by atoms with E-state index >= 15 is 0 Å². The van der Waals surface area contributed by atoms with E-state index in [0.29, 0.717) is 31.5 Å². The maximum Gasteiger partial charge on any atom is 0.253 e. The van der Waals surface area contributed by atoms with Gasteiger partial charge in [0.1, 0.15) is 5.82 Å². The van der Waals surface area contributed by atoms with Crippen molar-refractivity contribution in [1.82, 2.24) is 25.2 Å². The molecular weight excluding hydrogens is 498 g/mol. The number of carbonyl (C=O) groups excluding carboxylic acids is 2. The van der Waals surface area contributed by atoms with Crippen molar-refractivity contribution in [2.24, 2.45) is 0 Å². The van der Waals surface area contributed by atoms with Crippen LogP contribution in [0.2, 0.25) is 0 Å². The predicted octanol–water partition coefficient (Wildman–Crippen LogP) is 5.86. The molecule has 0 bridgehead atoms. The number of amides is 2. The fourth-order valence-corrected chi connectivity index (χ4v) is 5.24. The fourth-order valence-electron chi connectivity index (χ4n) is 5.24. The molecule has 2 aromatic heterocycles. The number of carbonyl (C=O) groups is 2. The first-order valence-corrected chi connectivity index (χ1v) is 13.4. The van der Waals surface area contributed by atoms with Gasteiger partial charge in [0, 0.05) is 49.9 Å². The standard InChI is InChI=1S/C33H29N5O2/c1-34-30(39)14-7-17-38-31-27(33(40)36-19-22-15-16-23-8-2-3-9-24(23)18-22)12-6-13-29(31)37-32(38)28-21-35-20-25-10-4-5-11-26(25)28/h2-6,8-13,15-16,18,20-21H,7,14,17,19H2,1H3,(H,34,39)(H,36,40). The summed E-state index contributed by atoms with van der Waals surface area (Å²) in [5.74, 6) is 0.533. The summed E-state index contributed by atoms with van der Waals surface area (Å²) in [6.45, 7) is 0.933. The molecule has 6 rings (SSSR count). The molecule has 40 heavy (non-hydrogen) atoms. The first kappa shape index (κ1) is 25.2. The fraction of sp³-hybridized carbons (Fsp3) is 0.152. The minimum absolute atomic E-state index is 0.0221. The van der Waals surface area contributed by atoms with Gasteiger partial charge in [-0.25, -0.2) is 4.98 Å². The topological polar surface area (TPSA) is 88.9 Å². The number of rotatable bonds is 8. The predicted molar refractivity (Wildman–Crippen MR) is 159 cm³/mol. The van der Waals surface area contributed by atoms with Crippen LogP contribution in [0, 0.1) is 0 Å². The highest BCUT2D eigenvalue weighted by Crippen LogP contribution is 2.32. The Balaban J connectivity index is 1.39. The van der Waals surface area contributed by atoms with Gasteiger partial charge in [-0.05, 0) is 46.3 Å². The molecule has 0 saturated heterocycles. The summed E-state index contributed by atoms with van der Waals surface area (Å²) < 4.78 is 2.06. The number of benzene rings is 4. The van der Waals surface area contributed by atoms with Crippen molar-refractivity contribution in [2.45, 2.75) is 25.9 Å². The number of fused-ring (bicyclic) bond motifs is 3. The van der Waals surface area contributed by atoms with Gasteiger partial charge in [0.15, 0.2) is 0 Å². The van der Waals surface area contributed by atoms with Crippen molar-refractivity contribution in [3.8, 4) is 11.4 Å². The lowest BCUT2D eigenvalue weighted by atomic mass is 10.1. The van der Waals surface area contributed by atoms with Gasteiger partial charge in [-0.2, -0.15) is 0 Å². The number of aromatic nitrogens is 3. The maximum atomic E-state index is 13.6. The van der Waals surface area contributed by atoms with E-state index in [1.807, 2.05) is 67.0 Å². The lowest BCUT2D eigenvalue weighted by Crippen LogP contribution is -2.23. The van der Waals surface area contributed by atoms with Gasteiger partial charge in [-0.3, -0.25) is 14.6 Å². The number of para-hydroxylation sites is 1. The van der Waals surface area contributed by atoms with Crippen molar-refractivity contribution >= 4 is 44.4 Å². The molecule has 7 heteroatoms. The third-order valence-electron chi connectivity index (χ3n) is 7.25. The summed E-state index contributed by atoms with van der Waals surface area (Å²) in [5, 5.41) is 10.1. The Hall–Kier alpha value is -5.04. The van der Waals surface area contributed by atoms with Crippen LogP contribution in [-0.2, 0) is 17.9 Å². The van der Waals surface area contributed by atoms with E-state index in [1.54, 1.807) is 7.05 Å². The number of nitrogens with one attached hydrogen (secondary N) is 2. The summed E-state index contributed by atoms with van der Waals surface area (Å²) in [6.07, 6.45) is 4.63. The van der Waals surface area contributed by atoms with Crippen LogP contribution in [0.15, 0.2) is 97.3 Å². The molecule has 0 saturated carbocycles. The van der Waals surface area contributed by atoms with Crippen LogP contribution in [0.3, 0.4) is 0 Å². The van der Waals surface area contributed by atoms with E-state index < -0.39 is 0 Å². The number of nitrogens with zero attached hydrogens (tertiary/aromatic N) is 3. The van der Waals surface area contributed by atoms with Crippen LogP contribution in [0.5, 0.6) is 0 Å². The molecule has 0 radical (unpaired) electrons. The molecule has 0 fully saturated rings. The summed E-state index contributed by atoms with van der Waals surface area (Å²) in [7, 11) is 1.64. The summed E-state index contributed by atoms with van der Waals surface area (Å²) >= 11 is 0. The van der Waals surface area contributed by atoms with E-state index in [1.165, 1.54) is 5.39 Å². The molecule has 0 unspecified atom stereocenters. The molecule has 0 aliphatic carbocycles. The summed E-state index contributed by atoms with van der Waals surface area (Å²) in [6, 6.07) is 28.1. The second-order valence-corrected chi connectivity index (χ2v) is 9.81. The molecular formula is C33H29N5O2. The van der Waals surface area contributed by atoms with Crippen LogP contribution in [0.25, 0.3) is 44.0 Å². The summed E-state index contributed by atoms with van der Waals surface area (Å²) in [4.78, 5) is 35.1.